The van der Waals surface area contributed by atoms with Crippen molar-refractivity contribution in [1.29, 1.82) is 0 Å². The van der Waals surface area contributed by atoms with Gasteiger partial charge in [0.2, 0.25) is 0 Å². The minimum Gasteiger partial charge on any atom is -0.481 e. The minimum atomic E-state index is -1.26. The summed E-state index contributed by atoms with van der Waals surface area (Å²) in [6, 6.07) is -1.26. The van der Waals surface area contributed by atoms with Crippen molar-refractivity contribution in [1.82, 2.24) is 5.32 Å². The number of unbranched alkanes of at least 4 members (excludes halogenated alkanes) is 1. The summed E-state index contributed by atoms with van der Waals surface area (Å²) < 4.78 is 9.88. The molecule has 0 fully saturated rings. The van der Waals surface area contributed by atoms with Crippen LogP contribution in [0, 0.1) is 0 Å². The van der Waals surface area contributed by atoms with Crippen LogP contribution in [0.3, 0.4) is 0 Å². The van der Waals surface area contributed by atoms with E-state index in [0.717, 1.165) is 6.42 Å². The van der Waals surface area contributed by atoms with Crippen molar-refractivity contribution in [3.8, 4) is 0 Å². The van der Waals surface area contributed by atoms with Gasteiger partial charge in [-0.25, -0.2) is 9.59 Å². The standard InChI is InChI=1S/C13H23NO6/c1-5-6-7-19-12(18)14-9(8-10(15)16)11(17)20-13(2,3)4/h9H,5-8H2,1-4H3,(H,14,18)(H,15,16)/t9-/m0/s1. The summed E-state index contributed by atoms with van der Waals surface area (Å²) >= 11 is 0. The first-order valence-corrected chi connectivity index (χ1v) is 6.53. The molecular weight excluding hydrogens is 266 g/mol. The Bertz CT molecular complexity index is 347. The molecule has 0 aliphatic carbocycles. The maximum Gasteiger partial charge on any atom is 0.407 e. The molecule has 0 aromatic rings. The van der Waals surface area contributed by atoms with E-state index in [2.05, 4.69) is 5.32 Å². The molecule has 0 spiro atoms. The number of rotatable bonds is 7. The average Bonchev–Trinajstić information content (AvgIpc) is 2.25. The molecule has 0 saturated carbocycles. The fraction of sp³-hybridized carbons (Fsp3) is 0.769. The topological polar surface area (TPSA) is 102 Å². The summed E-state index contributed by atoms with van der Waals surface area (Å²) in [4.78, 5) is 34.0. The van der Waals surface area contributed by atoms with Gasteiger partial charge in [-0.3, -0.25) is 4.79 Å². The SMILES string of the molecule is CCCCOC(=O)N[C@@H](CC(=O)O)C(=O)OC(C)(C)C. The van der Waals surface area contributed by atoms with Crippen molar-refractivity contribution in [3.05, 3.63) is 0 Å². The first kappa shape index (κ1) is 18.2. The molecule has 2 N–H and O–H groups in total. The molecule has 1 amide bonds. The summed E-state index contributed by atoms with van der Waals surface area (Å²) in [7, 11) is 0. The Morgan fingerprint density at radius 2 is 1.85 bits per heavy atom. The molecule has 20 heavy (non-hydrogen) atoms. The van der Waals surface area contributed by atoms with Crippen molar-refractivity contribution in [2.24, 2.45) is 0 Å². The number of carboxylic acids is 1. The summed E-state index contributed by atoms with van der Waals surface area (Å²) in [6.07, 6.45) is 0.176. The lowest BCUT2D eigenvalue weighted by molar-refractivity contribution is -0.159. The molecular formula is C13H23NO6. The van der Waals surface area contributed by atoms with E-state index in [9.17, 15) is 14.4 Å². The maximum absolute atomic E-state index is 11.8. The lowest BCUT2D eigenvalue weighted by Crippen LogP contribution is -2.45. The van der Waals surface area contributed by atoms with Crippen molar-refractivity contribution in [3.63, 3.8) is 0 Å². The third-order valence-electron chi connectivity index (χ3n) is 2.09. The van der Waals surface area contributed by atoms with Gasteiger partial charge < -0.3 is 19.9 Å². The molecule has 116 valence electrons. The van der Waals surface area contributed by atoms with Crippen LogP contribution < -0.4 is 5.32 Å². The number of ether oxygens (including phenoxy) is 2. The highest BCUT2D eigenvalue weighted by molar-refractivity contribution is 5.85. The molecule has 0 saturated heterocycles. The molecule has 0 aliphatic heterocycles. The number of carboxylic acid groups (broad SMARTS) is 1. The van der Waals surface area contributed by atoms with Crippen molar-refractivity contribution >= 4 is 18.0 Å². The highest BCUT2D eigenvalue weighted by Gasteiger charge is 2.29. The molecule has 1 atom stereocenters. The second kappa shape index (κ2) is 8.39. The van der Waals surface area contributed by atoms with Gasteiger partial charge >= 0.3 is 18.0 Å². The van der Waals surface area contributed by atoms with Gasteiger partial charge in [0.05, 0.1) is 13.0 Å². The summed E-state index contributed by atoms with van der Waals surface area (Å²) in [5.41, 5.74) is -0.762. The predicted molar refractivity (Wildman–Crippen MR) is 71.3 cm³/mol. The Kier molecular flexibility index (Phi) is 7.64. The lowest BCUT2D eigenvalue weighted by atomic mass is 10.1. The van der Waals surface area contributed by atoms with Crippen LogP contribution in [0.1, 0.15) is 47.0 Å². The molecule has 0 rings (SSSR count). The number of hydrogen-bond acceptors (Lipinski definition) is 5. The van der Waals surface area contributed by atoms with Crippen LogP contribution in [0.4, 0.5) is 4.79 Å². The molecule has 7 nitrogen and oxygen atoms in total. The van der Waals surface area contributed by atoms with Crippen molar-refractivity contribution in [2.45, 2.75) is 58.6 Å². The summed E-state index contributed by atoms with van der Waals surface area (Å²) in [5.74, 6) is -2.01. The van der Waals surface area contributed by atoms with Gasteiger partial charge in [0.1, 0.15) is 11.6 Å². The normalized spacial score (nSPS) is 12.4. The number of carbonyl (C=O) groups is 3. The van der Waals surface area contributed by atoms with Gasteiger partial charge in [-0.05, 0) is 27.2 Å². The van der Waals surface area contributed by atoms with Gasteiger partial charge in [-0.15, -0.1) is 0 Å². The molecule has 0 aliphatic rings. The Labute approximate surface area is 118 Å². The number of nitrogens with one attached hydrogen (secondary N) is 1. The van der Waals surface area contributed by atoms with E-state index in [4.69, 9.17) is 14.6 Å². The van der Waals surface area contributed by atoms with Crippen LogP contribution in [-0.2, 0) is 19.1 Å². The third-order valence-corrected chi connectivity index (χ3v) is 2.09. The number of amides is 1. The monoisotopic (exact) mass is 289 g/mol. The molecule has 0 bridgehead atoms. The van der Waals surface area contributed by atoms with Gasteiger partial charge in [0.15, 0.2) is 0 Å². The molecule has 0 unspecified atom stereocenters. The zero-order valence-corrected chi connectivity index (χ0v) is 12.4. The van der Waals surface area contributed by atoms with E-state index >= 15 is 0 Å². The van der Waals surface area contributed by atoms with Crippen molar-refractivity contribution in [2.75, 3.05) is 6.61 Å². The van der Waals surface area contributed by atoms with Gasteiger partial charge in [-0.1, -0.05) is 13.3 Å². The second-order valence-corrected chi connectivity index (χ2v) is 5.32. The third kappa shape index (κ3) is 9.18. The Morgan fingerprint density at radius 3 is 2.30 bits per heavy atom. The summed E-state index contributed by atoms with van der Waals surface area (Å²) in [5, 5.41) is 11.0. The number of esters is 1. The molecule has 0 aromatic heterocycles. The maximum atomic E-state index is 11.8. The van der Waals surface area contributed by atoms with E-state index in [0.29, 0.717) is 6.42 Å². The first-order chi connectivity index (χ1) is 9.15. The van der Waals surface area contributed by atoms with Gasteiger partial charge in [0, 0.05) is 0 Å². The van der Waals surface area contributed by atoms with Gasteiger partial charge in [0.25, 0.3) is 0 Å². The fourth-order valence-corrected chi connectivity index (χ4v) is 1.23. The highest BCUT2D eigenvalue weighted by Crippen LogP contribution is 2.10. The lowest BCUT2D eigenvalue weighted by Gasteiger charge is -2.23. The zero-order chi connectivity index (χ0) is 15.8. The number of alkyl carbamates (subject to hydrolysis) is 1. The van der Waals surface area contributed by atoms with Gasteiger partial charge in [-0.2, -0.15) is 0 Å². The summed E-state index contributed by atoms with van der Waals surface area (Å²) in [6.45, 7) is 7.12. The smallest absolute Gasteiger partial charge is 0.407 e. The largest absolute Gasteiger partial charge is 0.481 e. The first-order valence-electron chi connectivity index (χ1n) is 6.53. The fourth-order valence-electron chi connectivity index (χ4n) is 1.23. The van der Waals surface area contributed by atoms with Crippen LogP contribution in [0.15, 0.2) is 0 Å². The van der Waals surface area contributed by atoms with Crippen molar-refractivity contribution < 1.29 is 29.0 Å². The molecule has 0 heterocycles. The van der Waals surface area contributed by atoms with Crippen LogP contribution in [0.5, 0.6) is 0 Å². The van der Waals surface area contributed by atoms with Crippen LogP contribution in [-0.4, -0.2) is 41.4 Å². The molecule has 0 aromatic carbocycles. The van der Waals surface area contributed by atoms with E-state index in [1.54, 1.807) is 20.8 Å². The Morgan fingerprint density at radius 1 is 1.25 bits per heavy atom. The van der Waals surface area contributed by atoms with E-state index in [-0.39, 0.29) is 6.61 Å². The minimum absolute atomic E-state index is 0.219. The van der Waals surface area contributed by atoms with Crippen LogP contribution in [0.2, 0.25) is 0 Å². The Balaban J connectivity index is 4.52. The number of aliphatic carboxylic acids is 1. The number of carbonyl (C=O) groups excluding carboxylic acids is 2. The quantitative estimate of drug-likeness (QED) is 0.546. The second-order valence-electron chi connectivity index (χ2n) is 5.32. The Hall–Kier alpha value is -1.79. The predicted octanol–water partition coefficient (Wildman–Crippen LogP) is 1.70. The molecule has 7 heteroatoms. The number of hydrogen-bond donors (Lipinski definition) is 2. The van der Waals surface area contributed by atoms with E-state index < -0.39 is 36.1 Å². The average molecular weight is 289 g/mol. The van der Waals surface area contributed by atoms with E-state index in [1.807, 2.05) is 6.92 Å². The van der Waals surface area contributed by atoms with E-state index in [1.165, 1.54) is 0 Å². The highest BCUT2D eigenvalue weighted by atomic mass is 16.6. The van der Waals surface area contributed by atoms with Crippen LogP contribution in [0.25, 0.3) is 0 Å². The van der Waals surface area contributed by atoms with Crippen LogP contribution >= 0.6 is 0 Å². The molecule has 0 radical (unpaired) electrons. The zero-order valence-electron chi connectivity index (χ0n) is 12.4.